The molecule has 0 aromatic heterocycles. The number of hydrogen-bond donors (Lipinski definition) is 2. The summed E-state index contributed by atoms with van der Waals surface area (Å²) in [5.41, 5.74) is 3.43. The fourth-order valence-electron chi connectivity index (χ4n) is 4.67. The molecule has 0 saturated heterocycles. The molecule has 0 saturated carbocycles. The summed E-state index contributed by atoms with van der Waals surface area (Å²) in [4.78, 5) is 13.8. The van der Waals surface area contributed by atoms with Gasteiger partial charge in [0.25, 0.3) is 0 Å². The zero-order valence-corrected chi connectivity index (χ0v) is 19.4. The second-order valence-electron chi connectivity index (χ2n) is 8.57. The first kappa shape index (κ1) is 23.5. The maximum absolute atomic E-state index is 13.8. The SMILES string of the molecule is COc1cc(O)c(C(=O)C2CC=C(C)C(CC=C(C)C)C2c2ccccc2)c(O)c1OC. The number of carbonyl (C=O) groups is 1. The van der Waals surface area contributed by atoms with Crippen molar-refractivity contribution in [3.8, 4) is 23.0 Å². The van der Waals surface area contributed by atoms with E-state index in [0.717, 1.165) is 12.0 Å². The first-order valence-corrected chi connectivity index (χ1v) is 10.9. The van der Waals surface area contributed by atoms with Crippen LogP contribution < -0.4 is 9.47 Å². The topological polar surface area (TPSA) is 76.0 Å². The molecule has 32 heavy (non-hydrogen) atoms. The van der Waals surface area contributed by atoms with E-state index in [2.05, 4.69) is 32.9 Å². The van der Waals surface area contributed by atoms with Crippen LogP contribution in [0, 0.1) is 11.8 Å². The van der Waals surface area contributed by atoms with Gasteiger partial charge in [-0.1, -0.05) is 53.6 Å². The van der Waals surface area contributed by atoms with Gasteiger partial charge in [-0.2, -0.15) is 0 Å². The van der Waals surface area contributed by atoms with Crippen LogP contribution in [0.5, 0.6) is 23.0 Å². The highest BCUT2D eigenvalue weighted by Crippen LogP contribution is 2.49. The van der Waals surface area contributed by atoms with Crippen molar-refractivity contribution in [2.45, 2.75) is 39.5 Å². The number of benzene rings is 2. The summed E-state index contributed by atoms with van der Waals surface area (Å²) >= 11 is 0. The first-order valence-electron chi connectivity index (χ1n) is 10.9. The number of Topliss-reactive ketones (excluding diaryl/α,β-unsaturated/α-hetero) is 1. The van der Waals surface area contributed by atoms with E-state index < -0.39 is 11.7 Å². The quantitative estimate of drug-likeness (QED) is 0.410. The number of hydrogen-bond acceptors (Lipinski definition) is 5. The second-order valence-corrected chi connectivity index (χ2v) is 8.57. The van der Waals surface area contributed by atoms with Crippen molar-refractivity contribution < 1.29 is 24.5 Å². The van der Waals surface area contributed by atoms with E-state index in [9.17, 15) is 15.0 Å². The van der Waals surface area contributed by atoms with Crippen molar-refractivity contribution in [3.05, 3.63) is 70.8 Å². The average Bonchev–Trinajstić information content (AvgIpc) is 2.77. The van der Waals surface area contributed by atoms with Crippen molar-refractivity contribution >= 4 is 5.78 Å². The number of phenols is 2. The maximum atomic E-state index is 13.8. The minimum absolute atomic E-state index is 0.0357. The molecule has 1 aliphatic carbocycles. The molecule has 0 heterocycles. The summed E-state index contributed by atoms with van der Waals surface area (Å²) in [6, 6.07) is 11.3. The number of allylic oxidation sites excluding steroid dienone is 4. The average molecular weight is 437 g/mol. The molecule has 3 rings (SSSR count). The Balaban J connectivity index is 2.13. The molecule has 0 radical (unpaired) electrons. The lowest BCUT2D eigenvalue weighted by molar-refractivity contribution is 0.0871. The highest BCUT2D eigenvalue weighted by molar-refractivity contribution is 6.04. The molecule has 5 heteroatoms. The number of methoxy groups -OCH3 is 2. The summed E-state index contributed by atoms with van der Waals surface area (Å²) in [6.07, 6.45) is 5.66. The van der Waals surface area contributed by atoms with Crippen LogP contribution in [-0.2, 0) is 0 Å². The summed E-state index contributed by atoms with van der Waals surface area (Å²) < 4.78 is 10.4. The molecule has 170 valence electrons. The lowest BCUT2D eigenvalue weighted by Gasteiger charge is -2.37. The number of aromatic hydroxyl groups is 2. The zero-order chi connectivity index (χ0) is 23.4. The zero-order valence-electron chi connectivity index (χ0n) is 19.4. The minimum Gasteiger partial charge on any atom is -0.507 e. The Morgan fingerprint density at radius 3 is 2.41 bits per heavy atom. The molecule has 0 spiro atoms. The molecule has 0 fully saturated rings. The Hall–Kier alpha value is -3.21. The van der Waals surface area contributed by atoms with E-state index in [4.69, 9.17) is 9.47 Å². The van der Waals surface area contributed by atoms with Gasteiger partial charge in [0, 0.05) is 17.9 Å². The molecule has 0 amide bonds. The Morgan fingerprint density at radius 1 is 1.12 bits per heavy atom. The maximum Gasteiger partial charge on any atom is 0.204 e. The molecule has 1 aliphatic rings. The summed E-state index contributed by atoms with van der Waals surface area (Å²) in [5, 5.41) is 21.5. The third-order valence-electron chi connectivity index (χ3n) is 6.32. The lowest BCUT2D eigenvalue weighted by atomic mass is 9.65. The summed E-state index contributed by atoms with van der Waals surface area (Å²) in [5.74, 6) is -1.20. The van der Waals surface area contributed by atoms with Gasteiger partial charge in [0.05, 0.1) is 14.2 Å². The van der Waals surface area contributed by atoms with Gasteiger partial charge in [-0.3, -0.25) is 4.79 Å². The Kier molecular flexibility index (Phi) is 7.29. The Labute approximate surface area is 190 Å². The van der Waals surface area contributed by atoms with E-state index in [1.54, 1.807) is 0 Å². The van der Waals surface area contributed by atoms with Crippen LogP contribution in [0.25, 0.3) is 0 Å². The lowest BCUT2D eigenvalue weighted by Crippen LogP contribution is -2.31. The minimum atomic E-state index is -0.438. The summed E-state index contributed by atoms with van der Waals surface area (Å²) in [6.45, 7) is 6.26. The number of carbonyl (C=O) groups excluding carboxylic acids is 1. The highest BCUT2D eigenvalue weighted by atomic mass is 16.5. The van der Waals surface area contributed by atoms with Crippen molar-refractivity contribution in [3.63, 3.8) is 0 Å². The monoisotopic (exact) mass is 436 g/mol. The Morgan fingerprint density at radius 2 is 1.81 bits per heavy atom. The van der Waals surface area contributed by atoms with Crippen LogP contribution in [0.4, 0.5) is 0 Å². The van der Waals surface area contributed by atoms with Crippen molar-refractivity contribution in [2.75, 3.05) is 14.2 Å². The molecule has 0 bridgehead atoms. The normalized spacial score (nSPS) is 20.3. The van der Waals surface area contributed by atoms with E-state index >= 15 is 0 Å². The third-order valence-corrected chi connectivity index (χ3v) is 6.32. The van der Waals surface area contributed by atoms with E-state index in [0.29, 0.717) is 6.42 Å². The van der Waals surface area contributed by atoms with E-state index in [1.807, 2.05) is 30.3 Å². The van der Waals surface area contributed by atoms with Crippen LogP contribution >= 0.6 is 0 Å². The number of rotatable bonds is 7. The Bertz CT molecular complexity index is 1030. The van der Waals surface area contributed by atoms with E-state index in [1.165, 1.54) is 31.4 Å². The number of phenolic OH excluding ortho intramolecular Hbond substituents is 2. The van der Waals surface area contributed by atoms with Crippen molar-refractivity contribution in [2.24, 2.45) is 11.8 Å². The number of ketones is 1. The van der Waals surface area contributed by atoms with Gasteiger partial charge >= 0.3 is 0 Å². The molecular weight excluding hydrogens is 404 g/mol. The predicted octanol–water partition coefficient (Wildman–Crippen LogP) is 6.02. The van der Waals surface area contributed by atoms with Gasteiger partial charge in [0.15, 0.2) is 17.3 Å². The van der Waals surface area contributed by atoms with Crippen LogP contribution in [0.3, 0.4) is 0 Å². The first-order chi connectivity index (χ1) is 15.3. The molecule has 3 unspecified atom stereocenters. The van der Waals surface area contributed by atoms with Gasteiger partial charge in [0.2, 0.25) is 5.75 Å². The molecule has 2 aromatic rings. The van der Waals surface area contributed by atoms with E-state index in [-0.39, 0.29) is 40.4 Å². The third kappa shape index (κ3) is 4.52. The van der Waals surface area contributed by atoms with Gasteiger partial charge in [-0.05, 0) is 45.1 Å². The summed E-state index contributed by atoms with van der Waals surface area (Å²) in [7, 11) is 2.80. The van der Waals surface area contributed by atoms with Crippen LogP contribution in [-0.4, -0.2) is 30.2 Å². The predicted molar refractivity (Wildman–Crippen MR) is 126 cm³/mol. The van der Waals surface area contributed by atoms with Gasteiger partial charge in [0.1, 0.15) is 11.3 Å². The molecule has 0 aliphatic heterocycles. The molecule has 2 aromatic carbocycles. The van der Waals surface area contributed by atoms with Gasteiger partial charge < -0.3 is 19.7 Å². The van der Waals surface area contributed by atoms with Crippen molar-refractivity contribution in [1.29, 1.82) is 0 Å². The molecule has 5 nitrogen and oxygen atoms in total. The molecule has 3 atom stereocenters. The standard InChI is InChI=1S/C27H32O5/c1-16(2)11-13-19-17(3)12-14-20(23(19)18-9-7-6-8-10-18)25(29)24-21(28)15-22(31-4)27(32-5)26(24)30/h6-12,15,19-20,23,28,30H,13-14H2,1-5H3. The molecular formula is C27H32O5. The second kappa shape index (κ2) is 9.94. The number of ether oxygens (including phenoxy) is 2. The molecule has 2 N–H and O–H groups in total. The highest BCUT2D eigenvalue weighted by Gasteiger charge is 2.40. The largest absolute Gasteiger partial charge is 0.507 e. The van der Waals surface area contributed by atoms with Crippen LogP contribution in [0.2, 0.25) is 0 Å². The smallest absolute Gasteiger partial charge is 0.204 e. The van der Waals surface area contributed by atoms with Crippen LogP contribution in [0.1, 0.15) is 55.5 Å². The van der Waals surface area contributed by atoms with Gasteiger partial charge in [-0.25, -0.2) is 0 Å². The van der Waals surface area contributed by atoms with Gasteiger partial charge in [-0.15, -0.1) is 0 Å². The van der Waals surface area contributed by atoms with Crippen molar-refractivity contribution in [1.82, 2.24) is 0 Å². The fourth-order valence-corrected chi connectivity index (χ4v) is 4.67. The fraction of sp³-hybridized carbons (Fsp3) is 0.370. The van der Waals surface area contributed by atoms with Crippen LogP contribution in [0.15, 0.2) is 59.7 Å².